The number of aliphatic hydroxyl groups excluding tert-OH is 1. The molecule has 1 aromatic carbocycles. The Bertz CT molecular complexity index is 544. The van der Waals surface area contributed by atoms with Crippen LogP contribution < -0.4 is 0 Å². The van der Waals surface area contributed by atoms with Gasteiger partial charge in [-0.25, -0.2) is 4.79 Å². The highest BCUT2D eigenvalue weighted by molar-refractivity contribution is 5.89. The van der Waals surface area contributed by atoms with E-state index in [1.165, 1.54) is 0 Å². The van der Waals surface area contributed by atoms with Gasteiger partial charge in [-0.2, -0.15) is 0 Å². The van der Waals surface area contributed by atoms with Gasteiger partial charge in [0.2, 0.25) is 0 Å². The maximum atomic E-state index is 12.4. The van der Waals surface area contributed by atoms with Crippen LogP contribution in [0, 0.1) is 11.3 Å². The van der Waals surface area contributed by atoms with Gasteiger partial charge in [-0.15, -0.1) is 0 Å². The van der Waals surface area contributed by atoms with Crippen LogP contribution in [0.25, 0.3) is 0 Å². The number of unbranched alkanes of at least 4 members (excludes halogenated alkanes) is 1. The Morgan fingerprint density at radius 3 is 2.78 bits per heavy atom. The van der Waals surface area contributed by atoms with E-state index in [2.05, 4.69) is 13.8 Å². The van der Waals surface area contributed by atoms with Crippen LogP contribution in [0.15, 0.2) is 30.3 Å². The number of carbonyl (C=O) groups is 1. The van der Waals surface area contributed by atoms with Crippen LogP contribution in [0.4, 0.5) is 0 Å². The van der Waals surface area contributed by atoms with E-state index in [0.717, 1.165) is 19.3 Å². The number of esters is 1. The molecular formula is C19H26O4. The molecule has 4 nitrogen and oxygen atoms in total. The Balaban J connectivity index is 1.76. The molecule has 2 fully saturated rings. The minimum absolute atomic E-state index is 0.000398. The van der Waals surface area contributed by atoms with Crippen LogP contribution in [0.2, 0.25) is 0 Å². The lowest BCUT2D eigenvalue weighted by molar-refractivity contribution is -0.0968. The lowest BCUT2D eigenvalue weighted by Crippen LogP contribution is -2.36. The molecule has 1 aromatic rings. The smallest absolute Gasteiger partial charge is 0.338 e. The zero-order valence-corrected chi connectivity index (χ0v) is 13.9. The van der Waals surface area contributed by atoms with Gasteiger partial charge < -0.3 is 14.6 Å². The predicted molar refractivity (Wildman–Crippen MR) is 86.9 cm³/mol. The van der Waals surface area contributed by atoms with Crippen molar-refractivity contribution in [3.05, 3.63) is 35.9 Å². The van der Waals surface area contributed by atoms with Crippen molar-refractivity contribution in [1.82, 2.24) is 0 Å². The summed E-state index contributed by atoms with van der Waals surface area (Å²) >= 11 is 0. The van der Waals surface area contributed by atoms with E-state index in [9.17, 15) is 9.90 Å². The average molecular weight is 318 g/mol. The molecular weight excluding hydrogens is 292 g/mol. The molecule has 4 heteroatoms. The van der Waals surface area contributed by atoms with Gasteiger partial charge in [-0.05, 0) is 24.5 Å². The molecule has 126 valence electrons. The summed E-state index contributed by atoms with van der Waals surface area (Å²) in [7, 11) is 0. The first-order valence-electron chi connectivity index (χ1n) is 8.64. The van der Waals surface area contributed by atoms with Crippen LogP contribution >= 0.6 is 0 Å². The second kappa shape index (κ2) is 6.62. The number of hydrogen-bond donors (Lipinski definition) is 1. The first-order chi connectivity index (χ1) is 11.0. The highest BCUT2D eigenvalue weighted by Crippen LogP contribution is 2.54. The largest absolute Gasteiger partial charge is 0.458 e. The molecule has 1 saturated carbocycles. The lowest BCUT2D eigenvalue weighted by Gasteiger charge is -2.35. The van der Waals surface area contributed by atoms with E-state index in [4.69, 9.17) is 9.47 Å². The van der Waals surface area contributed by atoms with Gasteiger partial charge in [-0.3, -0.25) is 0 Å². The minimum Gasteiger partial charge on any atom is -0.458 e. The third-order valence-electron chi connectivity index (χ3n) is 5.59. The number of ether oxygens (including phenoxy) is 2. The molecule has 0 spiro atoms. The summed E-state index contributed by atoms with van der Waals surface area (Å²) in [5.74, 6) is -0.00327. The van der Waals surface area contributed by atoms with Crippen molar-refractivity contribution in [3.63, 3.8) is 0 Å². The van der Waals surface area contributed by atoms with Crippen molar-refractivity contribution in [2.24, 2.45) is 11.3 Å². The molecule has 0 amide bonds. The number of hydrogen-bond acceptors (Lipinski definition) is 4. The van der Waals surface area contributed by atoms with Crippen LogP contribution in [0.3, 0.4) is 0 Å². The van der Waals surface area contributed by atoms with E-state index in [-0.39, 0.29) is 29.5 Å². The molecule has 0 radical (unpaired) electrons. The van der Waals surface area contributed by atoms with Gasteiger partial charge in [-0.1, -0.05) is 44.9 Å². The fourth-order valence-electron chi connectivity index (χ4n) is 4.21. The summed E-state index contributed by atoms with van der Waals surface area (Å²) in [6.45, 7) is 4.36. The molecule has 0 aromatic heterocycles. The van der Waals surface area contributed by atoms with Crippen LogP contribution in [0.5, 0.6) is 0 Å². The molecule has 1 saturated heterocycles. The van der Waals surface area contributed by atoms with Gasteiger partial charge >= 0.3 is 5.97 Å². The summed E-state index contributed by atoms with van der Waals surface area (Å²) < 4.78 is 11.5. The van der Waals surface area contributed by atoms with Crippen molar-refractivity contribution in [2.45, 2.75) is 64.4 Å². The minimum atomic E-state index is -0.670. The van der Waals surface area contributed by atoms with Crippen molar-refractivity contribution < 1.29 is 19.4 Å². The standard InChI is InChI=1S/C19H26O4/c1-3-4-10-19(2)14-11-17(20)22-15(14)12-16(19)23-18(21)13-8-6-5-7-9-13/h5-9,14-17,20H,3-4,10-12H2,1-2H3. The predicted octanol–water partition coefficient (Wildman–Crippen LogP) is 3.54. The second-order valence-electron chi connectivity index (χ2n) is 7.08. The number of fused-ring (bicyclic) bond motifs is 1. The van der Waals surface area contributed by atoms with Gasteiger partial charge in [0.1, 0.15) is 6.10 Å². The highest BCUT2D eigenvalue weighted by Gasteiger charge is 2.57. The first-order valence-corrected chi connectivity index (χ1v) is 8.64. The molecule has 3 rings (SSSR count). The number of aliphatic hydroxyl groups is 1. The maximum absolute atomic E-state index is 12.4. The Morgan fingerprint density at radius 2 is 2.09 bits per heavy atom. The Kier molecular flexibility index (Phi) is 4.74. The monoisotopic (exact) mass is 318 g/mol. The lowest BCUT2D eigenvalue weighted by atomic mass is 9.73. The molecule has 23 heavy (non-hydrogen) atoms. The van der Waals surface area contributed by atoms with E-state index in [1.54, 1.807) is 12.1 Å². The summed E-state index contributed by atoms with van der Waals surface area (Å²) in [6.07, 6.45) is 3.70. The van der Waals surface area contributed by atoms with Crippen molar-refractivity contribution in [1.29, 1.82) is 0 Å². The Labute approximate surface area is 137 Å². The Morgan fingerprint density at radius 1 is 1.35 bits per heavy atom. The number of rotatable bonds is 5. The first kappa shape index (κ1) is 16.5. The van der Waals surface area contributed by atoms with E-state index in [1.807, 2.05) is 18.2 Å². The molecule has 0 bridgehead atoms. The maximum Gasteiger partial charge on any atom is 0.338 e. The van der Waals surface area contributed by atoms with E-state index < -0.39 is 6.29 Å². The van der Waals surface area contributed by atoms with E-state index >= 15 is 0 Å². The fourth-order valence-corrected chi connectivity index (χ4v) is 4.21. The van der Waals surface area contributed by atoms with Crippen molar-refractivity contribution >= 4 is 5.97 Å². The summed E-state index contributed by atoms with van der Waals surface area (Å²) in [4.78, 5) is 12.4. The molecule has 1 N–H and O–H groups in total. The van der Waals surface area contributed by atoms with Gasteiger partial charge in [0.25, 0.3) is 0 Å². The molecule has 2 aliphatic rings. The molecule has 5 unspecified atom stereocenters. The zero-order valence-electron chi connectivity index (χ0n) is 13.9. The molecule has 5 atom stereocenters. The number of benzene rings is 1. The topological polar surface area (TPSA) is 55.8 Å². The summed E-state index contributed by atoms with van der Waals surface area (Å²) in [6, 6.07) is 9.13. The normalized spacial score (nSPS) is 36.0. The van der Waals surface area contributed by atoms with Crippen molar-refractivity contribution in [2.75, 3.05) is 0 Å². The van der Waals surface area contributed by atoms with Gasteiger partial charge in [0, 0.05) is 18.3 Å². The second-order valence-corrected chi connectivity index (χ2v) is 7.08. The average Bonchev–Trinajstić information content (AvgIpc) is 3.03. The quantitative estimate of drug-likeness (QED) is 0.844. The summed E-state index contributed by atoms with van der Waals surface area (Å²) in [5, 5.41) is 9.81. The fraction of sp³-hybridized carbons (Fsp3) is 0.632. The Hall–Kier alpha value is -1.39. The van der Waals surface area contributed by atoms with Gasteiger partial charge in [0.05, 0.1) is 11.7 Å². The zero-order chi connectivity index (χ0) is 16.4. The van der Waals surface area contributed by atoms with E-state index in [0.29, 0.717) is 18.4 Å². The molecule has 1 aliphatic heterocycles. The van der Waals surface area contributed by atoms with Crippen LogP contribution in [-0.2, 0) is 9.47 Å². The summed E-state index contributed by atoms with van der Waals surface area (Å²) in [5.41, 5.74) is 0.464. The highest BCUT2D eigenvalue weighted by atomic mass is 16.6. The van der Waals surface area contributed by atoms with Crippen LogP contribution in [0.1, 0.15) is 56.3 Å². The van der Waals surface area contributed by atoms with Crippen LogP contribution in [-0.4, -0.2) is 29.6 Å². The third kappa shape index (κ3) is 3.15. The number of carbonyl (C=O) groups excluding carboxylic acids is 1. The third-order valence-corrected chi connectivity index (χ3v) is 5.59. The van der Waals surface area contributed by atoms with Crippen molar-refractivity contribution in [3.8, 4) is 0 Å². The molecule has 1 aliphatic carbocycles. The molecule has 1 heterocycles. The van der Waals surface area contributed by atoms with Gasteiger partial charge in [0.15, 0.2) is 6.29 Å². The SMILES string of the molecule is CCCCC1(C)C(OC(=O)c2ccccc2)CC2OC(O)CC21.